The highest BCUT2D eigenvalue weighted by Crippen LogP contribution is 2.30. The quantitative estimate of drug-likeness (QED) is 0.536. The summed E-state index contributed by atoms with van der Waals surface area (Å²) in [6.45, 7) is 3.14. The summed E-state index contributed by atoms with van der Waals surface area (Å²) in [5.74, 6) is -2.74. The fraction of sp³-hybridized carbons (Fsp3) is 0.346. The van der Waals surface area contributed by atoms with Gasteiger partial charge in [0.1, 0.15) is 36.5 Å². The Kier molecular flexibility index (Phi) is 7.23. The Hall–Kier alpha value is -3.62. The fourth-order valence-corrected chi connectivity index (χ4v) is 4.45. The van der Waals surface area contributed by atoms with Crippen LogP contribution < -0.4 is 5.32 Å². The van der Waals surface area contributed by atoms with E-state index < -0.39 is 41.7 Å². The average Bonchev–Trinajstić information content (AvgIpc) is 3.46. The summed E-state index contributed by atoms with van der Waals surface area (Å²) < 4.78 is 49.0. The van der Waals surface area contributed by atoms with E-state index in [0.717, 1.165) is 4.90 Å². The maximum absolute atomic E-state index is 14.8. The second kappa shape index (κ2) is 10.3. The molecule has 1 aliphatic heterocycles. The number of oxazole rings is 1. The molecule has 9 heteroatoms. The van der Waals surface area contributed by atoms with E-state index in [9.17, 15) is 22.8 Å². The molecule has 0 aliphatic carbocycles. The van der Waals surface area contributed by atoms with E-state index in [1.54, 1.807) is 44.2 Å². The van der Waals surface area contributed by atoms with Crippen LogP contribution in [0.25, 0.3) is 0 Å². The molecule has 3 atom stereocenters. The molecule has 2 aromatic carbocycles. The molecular formula is C26H26F3N3O3. The van der Waals surface area contributed by atoms with Crippen molar-refractivity contribution in [2.24, 2.45) is 0 Å². The summed E-state index contributed by atoms with van der Waals surface area (Å²) in [6, 6.07) is 9.11. The van der Waals surface area contributed by atoms with Crippen LogP contribution in [0.2, 0.25) is 0 Å². The van der Waals surface area contributed by atoms with Crippen molar-refractivity contribution < 1.29 is 27.2 Å². The van der Waals surface area contributed by atoms with E-state index in [1.807, 2.05) is 0 Å². The Morgan fingerprint density at radius 2 is 1.83 bits per heavy atom. The lowest BCUT2D eigenvalue weighted by atomic mass is 9.93. The Balaban J connectivity index is 1.62. The summed E-state index contributed by atoms with van der Waals surface area (Å²) in [7, 11) is 0. The van der Waals surface area contributed by atoms with Gasteiger partial charge in [0, 0.05) is 12.0 Å². The number of benzene rings is 2. The first-order valence-electron chi connectivity index (χ1n) is 11.4. The first-order valence-corrected chi connectivity index (χ1v) is 11.4. The van der Waals surface area contributed by atoms with Crippen LogP contribution in [0.15, 0.2) is 59.3 Å². The average molecular weight is 486 g/mol. The first kappa shape index (κ1) is 24.5. The van der Waals surface area contributed by atoms with Crippen molar-refractivity contribution in [3.63, 3.8) is 0 Å². The van der Waals surface area contributed by atoms with Gasteiger partial charge < -0.3 is 14.6 Å². The van der Waals surface area contributed by atoms with Gasteiger partial charge in [-0.1, -0.05) is 44.2 Å². The zero-order valence-corrected chi connectivity index (χ0v) is 19.4. The Morgan fingerprint density at radius 1 is 1.14 bits per heavy atom. The maximum atomic E-state index is 14.8. The third-order valence-electron chi connectivity index (χ3n) is 6.09. The van der Waals surface area contributed by atoms with Crippen LogP contribution in [0.3, 0.4) is 0 Å². The minimum absolute atomic E-state index is 0.0359. The number of nitrogens with one attached hydrogen (secondary N) is 1. The molecule has 4 rings (SSSR count). The van der Waals surface area contributed by atoms with E-state index in [1.165, 1.54) is 24.6 Å². The van der Waals surface area contributed by atoms with Crippen LogP contribution in [-0.4, -0.2) is 40.5 Å². The largest absolute Gasteiger partial charge is 0.448 e. The summed E-state index contributed by atoms with van der Waals surface area (Å²) in [4.78, 5) is 31.1. The molecule has 0 saturated carbocycles. The van der Waals surface area contributed by atoms with E-state index in [0.29, 0.717) is 5.56 Å². The number of carbonyl (C=O) groups excluding carboxylic acids is 2. The first-order chi connectivity index (χ1) is 16.7. The number of nitrogens with zero attached hydrogens (tertiary/aromatic N) is 2. The van der Waals surface area contributed by atoms with E-state index in [4.69, 9.17) is 4.42 Å². The predicted octanol–water partition coefficient (Wildman–Crippen LogP) is 4.46. The minimum atomic E-state index is -1.38. The molecule has 6 nitrogen and oxygen atoms in total. The van der Waals surface area contributed by atoms with Crippen molar-refractivity contribution >= 4 is 11.8 Å². The maximum Gasteiger partial charge on any atom is 0.243 e. The van der Waals surface area contributed by atoms with Gasteiger partial charge in [-0.25, -0.2) is 18.2 Å². The molecule has 3 aromatic rings. The van der Waals surface area contributed by atoms with Gasteiger partial charge in [-0.3, -0.25) is 9.59 Å². The Bertz CT molecular complexity index is 1160. The molecule has 2 heterocycles. The van der Waals surface area contributed by atoms with Crippen molar-refractivity contribution in [3.05, 3.63) is 89.1 Å². The lowest BCUT2D eigenvalue weighted by Crippen LogP contribution is -2.47. The topological polar surface area (TPSA) is 75.4 Å². The van der Waals surface area contributed by atoms with Crippen LogP contribution in [0, 0.1) is 11.6 Å². The molecule has 1 aromatic heterocycles. The summed E-state index contributed by atoms with van der Waals surface area (Å²) in [5, 5.41) is 2.79. The molecule has 0 unspecified atom stereocenters. The Morgan fingerprint density at radius 3 is 2.43 bits per heavy atom. The number of hydrogen-bond donors (Lipinski definition) is 1. The standard InChI is InChI=1S/C26H26F3N3O3/c1-15(2)24-19(28)10-17(11-20(24)29)25(16-6-4-3-5-7-16)31-26(34)21-12-18(27)14-32(21)23(33)13-22-30-8-9-35-22/h3-11,15,18,21,25H,12-14H2,1-2H3,(H,31,34)/t18-,21+,25+/m1/s1. The van der Waals surface area contributed by atoms with Crippen molar-refractivity contribution in [3.8, 4) is 0 Å². The highest BCUT2D eigenvalue weighted by atomic mass is 19.1. The second-order valence-corrected chi connectivity index (χ2v) is 8.90. The monoisotopic (exact) mass is 485 g/mol. The van der Waals surface area contributed by atoms with Gasteiger partial charge in [0.25, 0.3) is 0 Å². The molecule has 0 radical (unpaired) electrons. The van der Waals surface area contributed by atoms with E-state index >= 15 is 0 Å². The number of hydrogen-bond acceptors (Lipinski definition) is 4. The molecule has 35 heavy (non-hydrogen) atoms. The van der Waals surface area contributed by atoms with Crippen molar-refractivity contribution in [1.82, 2.24) is 15.2 Å². The molecule has 184 valence electrons. The molecule has 0 spiro atoms. The van der Waals surface area contributed by atoms with Gasteiger partial charge in [0.15, 0.2) is 0 Å². The zero-order chi connectivity index (χ0) is 25.1. The number of carbonyl (C=O) groups is 2. The predicted molar refractivity (Wildman–Crippen MR) is 122 cm³/mol. The van der Waals surface area contributed by atoms with Gasteiger partial charge in [-0.15, -0.1) is 0 Å². The van der Waals surface area contributed by atoms with Gasteiger partial charge in [0.2, 0.25) is 17.7 Å². The third kappa shape index (κ3) is 5.39. The van der Waals surface area contributed by atoms with Crippen LogP contribution in [0.5, 0.6) is 0 Å². The van der Waals surface area contributed by atoms with Crippen LogP contribution in [0.1, 0.15) is 54.8 Å². The van der Waals surface area contributed by atoms with Crippen LogP contribution in [0.4, 0.5) is 13.2 Å². The van der Waals surface area contributed by atoms with Gasteiger partial charge in [0.05, 0.1) is 18.8 Å². The minimum Gasteiger partial charge on any atom is -0.448 e. The summed E-state index contributed by atoms with van der Waals surface area (Å²) >= 11 is 0. The number of rotatable bonds is 7. The molecule has 1 saturated heterocycles. The number of amides is 2. The molecule has 1 aliphatic rings. The number of alkyl halides is 1. The zero-order valence-electron chi connectivity index (χ0n) is 19.4. The third-order valence-corrected chi connectivity index (χ3v) is 6.09. The summed E-state index contributed by atoms with van der Waals surface area (Å²) in [5.41, 5.74) is 0.757. The Labute approximate surface area is 201 Å². The van der Waals surface area contributed by atoms with Crippen LogP contribution in [-0.2, 0) is 16.0 Å². The van der Waals surface area contributed by atoms with Gasteiger partial charge in [-0.05, 0) is 29.2 Å². The highest BCUT2D eigenvalue weighted by molar-refractivity contribution is 5.89. The number of likely N-dealkylation sites (tertiary alicyclic amines) is 1. The smallest absolute Gasteiger partial charge is 0.243 e. The molecule has 2 amide bonds. The molecule has 1 N–H and O–H groups in total. The molecule has 0 bridgehead atoms. The van der Waals surface area contributed by atoms with E-state index in [-0.39, 0.29) is 42.3 Å². The van der Waals surface area contributed by atoms with Crippen molar-refractivity contribution in [2.45, 2.75) is 50.9 Å². The van der Waals surface area contributed by atoms with Crippen molar-refractivity contribution in [2.75, 3.05) is 6.54 Å². The highest BCUT2D eigenvalue weighted by Gasteiger charge is 2.40. The summed E-state index contributed by atoms with van der Waals surface area (Å²) in [6.07, 6.45) is 0.942. The van der Waals surface area contributed by atoms with Crippen molar-refractivity contribution in [1.29, 1.82) is 0 Å². The molecule has 1 fully saturated rings. The van der Waals surface area contributed by atoms with E-state index in [2.05, 4.69) is 10.3 Å². The number of halogens is 3. The van der Waals surface area contributed by atoms with Gasteiger partial charge in [-0.2, -0.15) is 0 Å². The van der Waals surface area contributed by atoms with Gasteiger partial charge >= 0.3 is 0 Å². The number of aromatic nitrogens is 1. The second-order valence-electron chi connectivity index (χ2n) is 8.90. The normalized spacial score (nSPS) is 18.6. The lowest BCUT2D eigenvalue weighted by Gasteiger charge is -2.27. The SMILES string of the molecule is CC(C)c1c(F)cc([C@@H](NC(=O)[C@@H]2C[C@@H](F)CN2C(=O)Cc2ncco2)c2ccccc2)cc1F. The fourth-order valence-electron chi connectivity index (χ4n) is 4.45. The molecular weight excluding hydrogens is 459 g/mol. The lowest BCUT2D eigenvalue weighted by molar-refractivity contribution is -0.138. The van der Waals surface area contributed by atoms with Crippen LogP contribution >= 0.6 is 0 Å².